The van der Waals surface area contributed by atoms with Crippen LogP contribution in [0.2, 0.25) is 0 Å². The Kier molecular flexibility index (Phi) is 4.67. The van der Waals surface area contributed by atoms with Crippen molar-refractivity contribution in [2.45, 2.75) is 12.4 Å². The molecule has 0 aliphatic heterocycles. The zero-order chi connectivity index (χ0) is 14.6. The first-order valence-electron chi connectivity index (χ1n) is 5.13. The maximum Gasteiger partial charge on any atom is 0.485 e. The van der Waals surface area contributed by atoms with Crippen LogP contribution >= 0.6 is 0 Å². The van der Waals surface area contributed by atoms with Crippen molar-refractivity contribution >= 4 is 11.4 Å². The molecule has 2 N–H and O–H groups in total. The summed E-state index contributed by atoms with van der Waals surface area (Å²) in [5, 5.41) is 28.2. The van der Waals surface area contributed by atoms with E-state index in [1.54, 1.807) is 0 Å². The smallest absolute Gasteiger partial charge is 0.394 e. The second-order valence-corrected chi connectivity index (χ2v) is 3.69. The Labute approximate surface area is 105 Å². The van der Waals surface area contributed by atoms with E-state index in [4.69, 9.17) is 10.2 Å². The maximum absolute atomic E-state index is 12.8. The van der Waals surface area contributed by atoms with Crippen LogP contribution in [0.5, 0.6) is 0 Å². The van der Waals surface area contributed by atoms with Crippen LogP contribution in [0, 0.1) is 10.1 Å². The van der Waals surface area contributed by atoms with Crippen molar-refractivity contribution < 1.29 is 28.3 Å². The average Bonchev–Trinajstić information content (AvgIpc) is 2.34. The summed E-state index contributed by atoms with van der Waals surface area (Å²) in [6.45, 7) is -1.76. The monoisotopic (exact) mass is 280 g/mol. The number of nitro benzene ring substituents is 1. The summed E-state index contributed by atoms with van der Waals surface area (Å²) in [7, 11) is 0. The molecule has 0 heterocycles. The number of nitro groups is 1. The van der Waals surface area contributed by atoms with Gasteiger partial charge in [-0.05, 0) is 6.07 Å². The van der Waals surface area contributed by atoms with Crippen LogP contribution in [-0.4, -0.2) is 40.7 Å². The largest absolute Gasteiger partial charge is 0.485 e. The van der Waals surface area contributed by atoms with Crippen LogP contribution in [0.4, 0.5) is 24.5 Å². The number of rotatable bonds is 5. The lowest BCUT2D eigenvalue weighted by molar-refractivity contribution is -0.384. The maximum atomic E-state index is 12.8. The van der Waals surface area contributed by atoms with Gasteiger partial charge in [-0.3, -0.25) is 15.0 Å². The van der Waals surface area contributed by atoms with Crippen molar-refractivity contribution in [3.05, 3.63) is 34.4 Å². The highest BCUT2D eigenvalue weighted by atomic mass is 19.4. The van der Waals surface area contributed by atoms with Crippen molar-refractivity contribution in [3.63, 3.8) is 0 Å². The number of anilines is 1. The molecular formula is C10H11F3N2O4. The van der Waals surface area contributed by atoms with Crippen LogP contribution < -0.4 is 4.90 Å². The number of nitrogens with zero attached hydrogens (tertiary/aromatic N) is 2. The topological polar surface area (TPSA) is 86.8 Å². The fourth-order valence-electron chi connectivity index (χ4n) is 1.40. The minimum absolute atomic E-state index is 0.166. The SMILES string of the molecule is O=[N+]([O-])c1cccc(N(CC(O)CO)C(F)(F)F)c1. The normalized spacial score (nSPS) is 13.1. The summed E-state index contributed by atoms with van der Waals surface area (Å²) in [4.78, 5) is 9.54. The molecule has 0 fully saturated rings. The molecule has 0 radical (unpaired) electrons. The van der Waals surface area contributed by atoms with Gasteiger partial charge in [0.15, 0.2) is 0 Å². The molecule has 19 heavy (non-hydrogen) atoms. The number of benzene rings is 1. The molecule has 1 rings (SSSR count). The first kappa shape index (κ1) is 15.2. The van der Waals surface area contributed by atoms with E-state index >= 15 is 0 Å². The number of hydrogen-bond acceptors (Lipinski definition) is 5. The third-order valence-corrected chi connectivity index (χ3v) is 2.26. The molecule has 1 unspecified atom stereocenters. The third-order valence-electron chi connectivity index (χ3n) is 2.26. The summed E-state index contributed by atoms with van der Waals surface area (Å²) in [6.07, 6.45) is -6.44. The average molecular weight is 280 g/mol. The van der Waals surface area contributed by atoms with E-state index in [1.165, 1.54) is 0 Å². The first-order valence-corrected chi connectivity index (χ1v) is 5.13. The second kappa shape index (κ2) is 5.85. The molecule has 0 amide bonds. The van der Waals surface area contributed by atoms with Gasteiger partial charge in [-0.2, -0.15) is 13.2 Å². The highest BCUT2D eigenvalue weighted by Gasteiger charge is 2.38. The van der Waals surface area contributed by atoms with E-state index < -0.39 is 41.9 Å². The molecule has 0 saturated carbocycles. The number of hydrogen-bond donors (Lipinski definition) is 2. The summed E-state index contributed by atoms with van der Waals surface area (Å²) < 4.78 is 38.4. The van der Waals surface area contributed by atoms with E-state index in [-0.39, 0.29) is 4.90 Å². The number of aliphatic hydroxyl groups is 2. The second-order valence-electron chi connectivity index (χ2n) is 3.69. The van der Waals surface area contributed by atoms with Crippen LogP contribution in [0.15, 0.2) is 24.3 Å². The van der Waals surface area contributed by atoms with Crippen molar-refractivity contribution in [2.24, 2.45) is 0 Å². The van der Waals surface area contributed by atoms with E-state index in [2.05, 4.69) is 0 Å². The van der Waals surface area contributed by atoms with Gasteiger partial charge >= 0.3 is 6.30 Å². The van der Waals surface area contributed by atoms with Crippen LogP contribution in [-0.2, 0) is 0 Å². The Hall–Kier alpha value is -1.87. The van der Waals surface area contributed by atoms with Gasteiger partial charge in [0.2, 0.25) is 0 Å². The van der Waals surface area contributed by atoms with Gasteiger partial charge in [-0.1, -0.05) is 6.07 Å². The minimum Gasteiger partial charge on any atom is -0.394 e. The highest BCUT2D eigenvalue weighted by Crippen LogP contribution is 2.30. The third kappa shape index (κ3) is 4.07. The molecular weight excluding hydrogens is 269 g/mol. The van der Waals surface area contributed by atoms with Crippen molar-refractivity contribution in [1.29, 1.82) is 0 Å². The predicted octanol–water partition coefficient (Wildman–Crippen LogP) is 1.27. The van der Waals surface area contributed by atoms with Crippen molar-refractivity contribution in [2.75, 3.05) is 18.1 Å². The Morgan fingerprint density at radius 1 is 1.42 bits per heavy atom. The number of halogens is 3. The van der Waals surface area contributed by atoms with E-state index in [0.29, 0.717) is 0 Å². The first-order chi connectivity index (χ1) is 8.75. The molecule has 0 bridgehead atoms. The van der Waals surface area contributed by atoms with Gasteiger partial charge in [0.05, 0.1) is 29.9 Å². The number of non-ortho nitro benzene ring substituents is 1. The van der Waals surface area contributed by atoms with Gasteiger partial charge in [-0.15, -0.1) is 0 Å². The fraction of sp³-hybridized carbons (Fsp3) is 0.400. The Morgan fingerprint density at radius 2 is 2.05 bits per heavy atom. The lowest BCUT2D eigenvalue weighted by Crippen LogP contribution is -2.44. The molecule has 0 aromatic heterocycles. The number of aliphatic hydroxyl groups excluding tert-OH is 2. The van der Waals surface area contributed by atoms with E-state index in [1.807, 2.05) is 0 Å². The van der Waals surface area contributed by atoms with Crippen LogP contribution in [0.3, 0.4) is 0 Å². The zero-order valence-corrected chi connectivity index (χ0v) is 9.54. The molecule has 1 aromatic rings. The van der Waals surface area contributed by atoms with E-state index in [0.717, 1.165) is 24.3 Å². The highest BCUT2D eigenvalue weighted by molar-refractivity contribution is 5.53. The Balaban J connectivity index is 3.10. The molecule has 6 nitrogen and oxygen atoms in total. The van der Waals surface area contributed by atoms with Crippen molar-refractivity contribution in [1.82, 2.24) is 0 Å². The molecule has 0 spiro atoms. The molecule has 0 saturated heterocycles. The molecule has 0 aliphatic carbocycles. The summed E-state index contributed by atoms with van der Waals surface area (Å²) >= 11 is 0. The standard InChI is InChI=1S/C10H11F3N2O4/c11-10(12,13)14(5-9(17)6-16)7-2-1-3-8(4-7)15(18)19/h1-4,9,16-17H,5-6H2. The quantitative estimate of drug-likeness (QED) is 0.482. The Bertz CT molecular complexity index is 453. The number of alkyl halides is 3. The van der Waals surface area contributed by atoms with Crippen molar-refractivity contribution in [3.8, 4) is 0 Å². The molecule has 1 atom stereocenters. The summed E-state index contributed by atoms with van der Waals surface area (Å²) in [5.74, 6) is 0. The molecule has 106 valence electrons. The predicted molar refractivity (Wildman–Crippen MR) is 59.6 cm³/mol. The van der Waals surface area contributed by atoms with Gasteiger partial charge in [0, 0.05) is 12.1 Å². The minimum atomic E-state index is -4.83. The lowest BCUT2D eigenvalue weighted by Gasteiger charge is -2.28. The molecule has 0 aliphatic rings. The Morgan fingerprint density at radius 3 is 2.53 bits per heavy atom. The van der Waals surface area contributed by atoms with Gasteiger partial charge in [0.1, 0.15) is 0 Å². The lowest BCUT2D eigenvalue weighted by atomic mass is 10.2. The molecule has 1 aromatic carbocycles. The summed E-state index contributed by atoms with van der Waals surface area (Å²) in [5.41, 5.74) is -0.973. The van der Waals surface area contributed by atoms with Crippen LogP contribution in [0.25, 0.3) is 0 Å². The molecule has 9 heteroatoms. The van der Waals surface area contributed by atoms with Gasteiger partial charge < -0.3 is 10.2 Å². The zero-order valence-electron chi connectivity index (χ0n) is 9.54. The van der Waals surface area contributed by atoms with Gasteiger partial charge in [0.25, 0.3) is 5.69 Å². The van der Waals surface area contributed by atoms with Gasteiger partial charge in [-0.25, -0.2) is 0 Å². The fourth-order valence-corrected chi connectivity index (χ4v) is 1.40. The van der Waals surface area contributed by atoms with Crippen LogP contribution in [0.1, 0.15) is 0 Å². The van der Waals surface area contributed by atoms with E-state index in [9.17, 15) is 23.3 Å². The summed E-state index contributed by atoms with van der Waals surface area (Å²) in [6, 6.07) is 3.94.